The van der Waals surface area contributed by atoms with Crippen LogP contribution in [0.3, 0.4) is 0 Å². The molecule has 3 heterocycles. The molecular formula is C18H12F3N5OS. The van der Waals surface area contributed by atoms with Gasteiger partial charge in [0.15, 0.2) is 4.96 Å². The molecule has 0 aliphatic carbocycles. The molecule has 0 bridgehead atoms. The first-order chi connectivity index (χ1) is 13.4. The van der Waals surface area contributed by atoms with Crippen LogP contribution in [0, 0.1) is 0 Å². The fourth-order valence-electron chi connectivity index (χ4n) is 2.63. The number of imidazole rings is 1. The molecular weight excluding hydrogens is 391 g/mol. The van der Waals surface area contributed by atoms with Crippen molar-refractivity contribution >= 4 is 22.2 Å². The monoisotopic (exact) mass is 403 g/mol. The predicted octanol–water partition coefficient (Wildman–Crippen LogP) is 3.80. The highest BCUT2D eigenvalue weighted by atomic mass is 32.1. The van der Waals surface area contributed by atoms with Crippen LogP contribution in [-0.2, 0) is 12.7 Å². The number of benzene rings is 1. The number of rotatable bonds is 4. The van der Waals surface area contributed by atoms with E-state index in [4.69, 9.17) is 0 Å². The normalized spacial score (nSPS) is 11.7. The summed E-state index contributed by atoms with van der Waals surface area (Å²) in [7, 11) is 0. The number of hydrogen-bond acceptors (Lipinski definition) is 5. The highest BCUT2D eigenvalue weighted by Gasteiger charge is 2.30. The van der Waals surface area contributed by atoms with Gasteiger partial charge in [-0.1, -0.05) is 12.1 Å². The Balaban J connectivity index is 1.59. The molecule has 142 valence electrons. The Bertz CT molecular complexity index is 1140. The van der Waals surface area contributed by atoms with Gasteiger partial charge < -0.3 is 5.32 Å². The Morgan fingerprint density at radius 3 is 2.86 bits per heavy atom. The number of alkyl halides is 3. The minimum Gasteiger partial charge on any atom is -0.345 e. The van der Waals surface area contributed by atoms with Crippen LogP contribution in [0.1, 0.15) is 21.7 Å². The van der Waals surface area contributed by atoms with Gasteiger partial charge in [0.1, 0.15) is 12.0 Å². The van der Waals surface area contributed by atoms with Crippen LogP contribution in [0.5, 0.6) is 0 Å². The van der Waals surface area contributed by atoms with Crippen molar-refractivity contribution in [2.24, 2.45) is 0 Å². The maximum Gasteiger partial charge on any atom is 0.416 e. The van der Waals surface area contributed by atoms with E-state index in [9.17, 15) is 18.0 Å². The molecule has 4 aromatic rings. The van der Waals surface area contributed by atoms with Crippen molar-refractivity contribution in [1.29, 1.82) is 0 Å². The number of halogens is 3. The Labute approximate surface area is 160 Å². The van der Waals surface area contributed by atoms with Crippen molar-refractivity contribution in [2.75, 3.05) is 0 Å². The molecule has 0 unspecified atom stereocenters. The molecule has 0 spiro atoms. The highest BCUT2D eigenvalue weighted by Crippen LogP contribution is 2.32. The fourth-order valence-corrected chi connectivity index (χ4v) is 3.48. The number of nitrogens with zero attached hydrogens (tertiary/aromatic N) is 4. The van der Waals surface area contributed by atoms with E-state index >= 15 is 0 Å². The van der Waals surface area contributed by atoms with E-state index in [0.29, 0.717) is 27.6 Å². The van der Waals surface area contributed by atoms with Gasteiger partial charge in [0.05, 0.1) is 23.5 Å². The number of carbonyl (C=O) groups is 1. The lowest BCUT2D eigenvalue weighted by molar-refractivity contribution is -0.137. The minimum absolute atomic E-state index is 0.230. The van der Waals surface area contributed by atoms with Gasteiger partial charge in [0.2, 0.25) is 0 Å². The molecule has 10 heteroatoms. The van der Waals surface area contributed by atoms with Gasteiger partial charge >= 0.3 is 6.18 Å². The zero-order valence-electron chi connectivity index (χ0n) is 14.1. The number of amides is 1. The van der Waals surface area contributed by atoms with Crippen molar-refractivity contribution in [3.05, 3.63) is 71.4 Å². The standard InChI is InChI=1S/C18H12F3N5OS/c19-18(20,21)12-3-1-2-11(6-12)14-8-26-15(9-28-17(26)25-14)16(27)23-7-13-4-5-22-10-24-13/h1-6,8-10H,7H2,(H,23,27). The van der Waals surface area contributed by atoms with E-state index in [1.807, 2.05) is 0 Å². The van der Waals surface area contributed by atoms with Crippen LogP contribution in [0.15, 0.2) is 54.4 Å². The van der Waals surface area contributed by atoms with Gasteiger partial charge in [-0.15, -0.1) is 11.3 Å². The number of fused-ring (bicyclic) bond motifs is 1. The summed E-state index contributed by atoms with van der Waals surface area (Å²) in [4.78, 5) is 25.2. The Morgan fingerprint density at radius 1 is 1.25 bits per heavy atom. The minimum atomic E-state index is -4.43. The molecule has 0 aliphatic heterocycles. The number of aromatic nitrogens is 4. The van der Waals surface area contributed by atoms with Crippen LogP contribution in [0.2, 0.25) is 0 Å². The zero-order valence-corrected chi connectivity index (χ0v) is 15.0. The molecule has 0 radical (unpaired) electrons. The summed E-state index contributed by atoms with van der Waals surface area (Å²) < 4.78 is 40.4. The van der Waals surface area contributed by atoms with Crippen LogP contribution >= 0.6 is 11.3 Å². The fraction of sp³-hybridized carbons (Fsp3) is 0.111. The molecule has 1 N–H and O–H groups in total. The smallest absolute Gasteiger partial charge is 0.345 e. The lowest BCUT2D eigenvalue weighted by Gasteiger charge is -2.07. The maximum atomic E-state index is 12.9. The lowest BCUT2D eigenvalue weighted by atomic mass is 10.1. The van der Waals surface area contributed by atoms with E-state index in [0.717, 1.165) is 12.1 Å². The number of hydrogen-bond donors (Lipinski definition) is 1. The molecule has 0 atom stereocenters. The first-order valence-corrected chi connectivity index (χ1v) is 8.97. The second kappa shape index (κ2) is 7.04. The van der Waals surface area contributed by atoms with E-state index in [-0.39, 0.29) is 12.5 Å². The molecule has 1 aromatic carbocycles. The number of thiazole rings is 1. The summed E-state index contributed by atoms with van der Waals surface area (Å²) in [5.74, 6) is -0.335. The van der Waals surface area contributed by atoms with Gasteiger partial charge in [0, 0.05) is 23.3 Å². The quantitative estimate of drug-likeness (QED) is 0.563. The van der Waals surface area contributed by atoms with E-state index in [1.165, 1.54) is 23.7 Å². The second-order valence-electron chi connectivity index (χ2n) is 5.86. The van der Waals surface area contributed by atoms with Crippen LogP contribution in [0.4, 0.5) is 13.2 Å². The first-order valence-electron chi connectivity index (χ1n) is 8.09. The second-order valence-corrected chi connectivity index (χ2v) is 6.70. The van der Waals surface area contributed by atoms with Crippen molar-refractivity contribution < 1.29 is 18.0 Å². The molecule has 6 nitrogen and oxygen atoms in total. The first kappa shape index (κ1) is 18.1. The van der Waals surface area contributed by atoms with Crippen LogP contribution in [0.25, 0.3) is 16.2 Å². The third-order valence-electron chi connectivity index (χ3n) is 4.00. The average molecular weight is 403 g/mol. The van der Waals surface area contributed by atoms with E-state index in [2.05, 4.69) is 20.3 Å². The molecule has 1 amide bonds. The Hall–Kier alpha value is -3.27. The Morgan fingerprint density at radius 2 is 2.11 bits per heavy atom. The summed E-state index contributed by atoms with van der Waals surface area (Å²) in [5.41, 5.74) is 0.954. The molecule has 3 aromatic heterocycles. The summed E-state index contributed by atoms with van der Waals surface area (Å²) in [5, 5.41) is 4.40. The topological polar surface area (TPSA) is 72.2 Å². The maximum absolute atomic E-state index is 12.9. The van der Waals surface area contributed by atoms with Crippen molar-refractivity contribution in [1.82, 2.24) is 24.7 Å². The van der Waals surface area contributed by atoms with E-state index in [1.54, 1.807) is 34.3 Å². The van der Waals surface area contributed by atoms with Crippen LogP contribution < -0.4 is 5.32 Å². The third kappa shape index (κ3) is 3.58. The molecule has 0 saturated heterocycles. The molecule has 0 saturated carbocycles. The molecule has 28 heavy (non-hydrogen) atoms. The van der Waals surface area contributed by atoms with Gasteiger partial charge in [-0.2, -0.15) is 13.2 Å². The number of carbonyl (C=O) groups excluding carboxylic acids is 1. The Kier molecular flexibility index (Phi) is 4.55. The summed E-state index contributed by atoms with van der Waals surface area (Å²) >= 11 is 1.23. The third-order valence-corrected chi connectivity index (χ3v) is 4.84. The van der Waals surface area contributed by atoms with Crippen LogP contribution in [-0.4, -0.2) is 25.3 Å². The molecule has 0 aliphatic rings. The SMILES string of the molecule is O=C(NCc1ccncn1)c1csc2nc(-c3cccc(C(F)(F)F)c3)cn12. The summed E-state index contributed by atoms with van der Waals surface area (Å²) in [6.07, 6.45) is 0.0933. The largest absolute Gasteiger partial charge is 0.416 e. The molecule has 0 fully saturated rings. The van der Waals surface area contributed by atoms with Crippen molar-refractivity contribution in [2.45, 2.75) is 12.7 Å². The average Bonchev–Trinajstić information content (AvgIpc) is 3.27. The predicted molar refractivity (Wildman–Crippen MR) is 96.7 cm³/mol. The van der Waals surface area contributed by atoms with Gasteiger partial charge in [0.25, 0.3) is 5.91 Å². The van der Waals surface area contributed by atoms with Crippen molar-refractivity contribution in [3.63, 3.8) is 0 Å². The lowest BCUT2D eigenvalue weighted by Crippen LogP contribution is -2.24. The summed E-state index contributed by atoms with van der Waals surface area (Å²) in [6, 6.07) is 6.62. The van der Waals surface area contributed by atoms with Gasteiger partial charge in [-0.25, -0.2) is 15.0 Å². The van der Waals surface area contributed by atoms with Crippen molar-refractivity contribution in [3.8, 4) is 11.3 Å². The van der Waals surface area contributed by atoms with Gasteiger partial charge in [-0.05, 0) is 18.2 Å². The molecule has 4 rings (SSSR count). The van der Waals surface area contributed by atoms with Gasteiger partial charge in [-0.3, -0.25) is 9.20 Å². The highest BCUT2D eigenvalue weighted by molar-refractivity contribution is 7.15. The summed E-state index contributed by atoms with van der Waals surface area (Å²) in [6.45, 7) is 0.230. The van der Waals surface area contributed by atoms with E-state index < -0.39 is 11.7 Å². The zero-order chi connectivity index (χ0) is 19.7. The number of nitrogens with one attached hydrogen (secondary N) is 1.